The molecule has 0 saturated heterocycles. The van der Waals surface area contributed by atoms with Crippen molar-refractivity contribution in [1.29, 1.82) is 0 Å². The van der Waals surface area contributed by atoms with Crippen molar-refractivity contribution >= 4 is 17.3 Å². The van der Waals surface area contributed by atoms with Crippen molar-refractivity contribution < 1.29 is 0 Å². The summed E-state index contributed by atoms with van der Waals surface area (Å²) in [5, 5.41) is 4.20. The second-order valence-corrected chi connectivity index (χ2v) is 4.73. The van der Waals surface area contributed by atoms with E-state index >= 15 is 0 Å². The molecule has 0 aromatic heterocycles. The van der Waals surface area contributed by atoms with Crippen LogP contribution in [0.25, 0.3) is 0 Å². The molecule has 2 rings (SSSR count). The molecule has 0 aliphatic heterocycles. The lowest BCUT2D eigenvalue weighted by Crippen LogP contribution is -2.06. The maximum Gasteiger partial charge on any atom is 0.0485 e. The van der Waals surface area contributed by atoms with Gasteiger partial charge in [-0.2, -0.15) is 0 Å². The van der Waals surface area contributed by atoms with Gasteiger partial charge in [0, 0.05) is 16.8 Å². The topological polar surface area (TPSA) is 12.0 Å². The molecule has 1 unspecified atom stereocenters. The Morgan fingerprint density at radius 1 is 1.06 bits per heavy atom. The number of hydrogen-bond acceptors (Lipinski definition) is 1. The van der Waals surface area contributed by atoms with E-state index in [0.29, 0.717) is 0 Å². The average molecular weight is 246 g/mol. The van der Waals surface area contributed by atoms with E-state index in [1.54, 1.807) is 0 Å². The minimum atomic E-state index is 0.272. The predicted molar refractivity (Wildman–Crippen MR) is 74.7 cm³/mol. The first-order valence-corrected chi connectivity index (χ1v) is 6.11. The largest absolute Gasteiger partial charge is 0.378 e. The van der Waals surface area contributed by atoms with Crippen molar-refractivity contribution in [2.75, 3.05) is 5.32 Å². The molecule has 0 fully saturated rings. The number of halogens is 1. The quantitative estimate of drug-likeness (QED) is 0.817. The fraction of sp³-hybridized carbons (Fsp3) is 0.200. The summed E-state index contributed by atoms with van der Waals surface area (Å²) in [6.45, 7) is 4.26. The first-order valence-electron chi connectivity index (χ1n) is 5.74. The van der Waals surface area contributed by atoms with Gasteiger partial charge in [0.25, 0.3) is 0 Å². The predicted octanol–water partition coefficient (Wildman–Crippen LogP) is 4.82. The van der Waals surface area contributed by atoms with Crippen LogP contribution in [0.2, 0.25) is 5.02 Å². The number of aryl methyl sites for hydroxylation is 1. The minimum Gasteiger partial charge on any atom is -0.378 e. The van der Waals surface area contributed by atoms with Gasteiger partial charge in [-0.3, -0.25) is 0 Å². The molecule has 0 bridgehead atoms. The average Bonchev–Trinajstić information content (AvgIpc) is 2.29. The smallest absolute Gasteiger partial charge is 0.0485 e. The van der Waals surface area contributed by atoms with Gasteiger partial charge in [-0.05, 0) is 37.6 Å². The molecule has 88 valence electrons. The van der Waals surface area contributed by atoms with E-state index in [-0.39, 0.29) is 6.04 Å². The molecule has 0 amide bonds. The number of benzene rings is 2. The van der Waals surface area contributed by atoms with Crippen molar-refractivity contribution in [2.45, 2.75) is 19.9 Å². The molecular formula is C15H16ClN. The summed E-state index contributed by atoms with van der Waals surface area (Å²) in [5.74, 6) is 0. The van der Waals surface area contributed by atoms with E-state index in [1.807, 2.05) is 24.3 Å². The van der Waals surface area contributed by atoms with Crippen molar-refractivity contribution in [2.24, 2.45) is 0 Å². The van der Waals surface area contributed by atoms with Crippen molar-refractivity contribution in [3.63, 3.8) is 0 Å². The molecule has 0 saturated carbocycles. The van der Waals surface area contributed by atoms with Gasteiger partial charge in [-0.25, -0.2) is 0 Å². The molecule has 0 spiro atoms. The molecule has 2 aromatic rings. The summed E-state index contributed by atoms with van der Waals surface area (Å²) < 4.78 is 0. The summed E-state index contributed by atoms with van der Waals surface area (Å²) in [6.07, 6.45) is 0. The first-order chi connectivity index (χ1) is 8.15. The van der Waals surface area contributed by atoms with Crippen LogP contribution in [-0.2, 0) is 0 Å². The van der Waals surface area contributed by atoms with Gasteiger partial charge < -0.3 is 5.32 Å². The second kappa shape index (κ2) is 5.24. The van der Waals surface area contributed by atoms with Crippen LogP contribution in [-0.4, -0.2) is 0 Å². The van der Waals surface area contributed by atoms with Gasteiger partial charge in [-0.1, -0.05) is 47.5 Å². The Balaban J connectivity index is 2.14. The summed E-state index contributed by atoms with van der Waals surface area (Å²) in [6, 6.07) is 16.6. The third-order valence-electron chi connectivity index (χ3n) is 2.75. The van der Waals surface area contributed by atoms with E-state index in [9.17, 15) is 0 Å². The van der Waals surface area contributed by atoms with E-state index in [1.165, 1.54) is 11.1 Å². The Morgan fingerprint density at radius 2 is 1.82 bits per heavy atom. The van der Waals surface area contributed by atoms with Gasteiger partial charge in [0.2, 0.25) is 0 Å². The van der Waals surface area contributed by atoms with Gasteiger partial charge in [0.05, 0.1) is 0 Å². The monoisotopic (exact) mass is 245 g/mol. The highest BCUT2D eigenvalue weighted by Crippen LogP contribution is 2.22. The molecule has 0 radical (unpaired) electrons. The Hall–Kier alpha value is -1.47. The Kier molecular flexibility index (Phi) is 3.70. The normalized spacial score (nSPS) is 12.2. The highest BCUT2D eigenvalue weighted by Gasteiger charge is 2.05. The van der Waals surface area contributed by atoms with E-state index in [2.05, 4.69) is 43.4 Å². The second-order valence-electron chi connectivity index (χ2n) is 4.29. The Labute approximate surface area is 107 Å². The highest BCUT2D eigenvalue weighted by molar-refractivity contribution is 6.30. The van der Waals surface area contributed by atoms with Crippen LogP contribution in [0.15, 0.2) is 48.5 Å². The molecule has 1 atom stereocenters. The maximum absolute atomic E-state index is 5.96. The van der Waals surface area contributed by atoms with E-state index < -0.39 is 0 Å². The van der Waals surface area contributed by atoms with Gasteiger partial charge >= 0.3 is 0 Å². The van der Waals surface area contributed by atoms with Gasteiger partial charge in [-0.15, -0.1) is 0 Å². The molecule has 2 aromatic carbocycles. The SMILES string of the molecule is Cc1cccc(C(C)Nc2cccc(Cl)c2)c1. The molecule has 2 heteroatoms. The minimum absolute atomic E-state index is 0.272. The first kappa shape index (κ1) is 12.0. The zero-order chi connectivity index (χ0) is 12.3. The van der Waals surface area contributed by atoms with E-state index in [4.69, 9.17) is 11.6 Å². The summed E-state index contributed by atoms with van der Waals surface area (Å²) in [5.41, 5.74) is 3.61. The van der Waals surface area contributed by atoms with Crippen molar-refractivity contribution in [3.05, 3.63) is 64.7 Å². The van der Waals surface area contributed by atoms with Crippen LogP contribution < -0.4 is 5.32 Å². The lowest BCUT2D eigenvalue weighted by atomic mass is 10.1. The summed E-state index contributed by atoms with van der Waals surface area (Å²) >= 11 is 5.96. The molecule has 1 nitrogen and oxygen atoms in total. The Morgan fingerprint density at radius 3 is 2.53 bits per heavy atom. The number of rotatable bonds is 3. The van der Waals surface area contributed by atoms with Gasteiger partial charge in [0.1, 0.15) is 0 Å². The fourth-order valence-electron chi connectivity index (χ4n) is 1.85. The molecule has 0 aliphatic carbocycles. The number of anilines is 1. The molecule has 17 heavy (non-hydrogen) atoms. The summed E-state index contributed by atoms with van der Waals surface area (Å²) in [7, 11) is 0. The third-order valence-corrected chi connectivity index (χ3v) is 2.99. The zero-order valence-electron chi connectivity index (χ0n) is 10.1. The molecular weight excluding hydrogens is 230 g/mol. The van der Waals surface area contributed by atoms with Crippen molar-refractivity contribution in [3.8, 4) is 0 Å². The number of nitrogens with one attached hydrogen (secondary N) is 1. The maximum atomic E-state index is 5.96. The van der Waals surface area contributed by atoms with Crippen molar-refractivity contribution in [1.82, 2.24) is 0 Å². The zero-order valence-corrected chi connectivity index (χ0v) is 10.8. The standard InChI is InChI=1S/C15H16ClN/c1-11-5-3-6-13(9-11)12(2)17-15-8-4-7-14(16)10-15/h3-10,12,17H,1-2H3. The van der Waals surface area contributed by atoms with Crippen LogP contribution in [0.5, 0.6) is 0 Å². The molecule has 1 N–H and O–H groups in total. The van der Waals surface area contributed by atoms with E-state index in [0.717, 1.165) is 10.7 Å². The number of hydrogen-bond donors (Lipinski definition) is 1. The van der Waals surface area contributed by atoms with Crippen LogP contribution in [0, 0.1) is 6.92 Å². The molecule has 0 heterocycles. The van der Waals surface area contributed by atoms with Crippen LogP contribution in [0.1, 0.15) is 24.1 Å². The summed E-state index contributed by atoms with van der Waals surface area (Å²) in [4.78, 5) is 0. The molecule has 0 aliphatic rings. The van der Waals surface area contributed by atoms with Crippen LogP contribution in [0.3, 0.4) is 0 Å². The highest BCUT2D eigenvalue weighted by atomic mass is 35.5. The van der Waals surface area contributed by atoms with Crippen LogP contribution >= 0.6 is 11.6 Å². The lowest BCUT2D eigenvalue weighted by Gasteiger charge is -2.16. The third kappa shape index (κ3) is 3.24. The fourth-order valence-corrected chi connectivity index (χ4v) is 2.04. The lowest BCUT2D eigenvalue weighted by molar-refractivity contribution is 0.883. The van der Waals surface area contributed by atoms with Crippen LogP contribution in [0.4, 0.5) is 5.69 Å². The van der Waals surface area contributed by atoms with Gasteiger partial charge in [0.15, 0.2) is 0 Å². The Bertz CT molecular complexity index is 508.